The number of nitrogens with one attached hydrogen (secondary N) is 1. The predicted molar refractivity (Wildman–Crippen MR) is 119 cm³/mol. The van der Waals surface area contributed by atoms with Gasteiger partial charge in [0.05, 0.1) is 11.6 Å². The van der Waals surface area contributed by atoms with E-state index in [0.717, 1.165) is 32.1 Å². The van der Waals surface area contributed by atoms with Gasteiger partial charge in [-0.3, -0.25) is 14.4 Å². The molecule has 2 fully saturated rings. The van der Waals surface area contributed by atoms with Crippen LogP contribution in [0.4, 0.5) is 17.6 Å². The summed E-state index contributed by atoms with van der Waals surface area (Å²) in [5.41, 5.74) is -0.133. The van der Waals surface area contributed by atoms with Crippen LogP contribution in [0.5, 0.6) is 0 Å². The SMILES string of the molecule is CC(C)C(=O)C(NC(=O)c1cccc(C2CCCN(C(=O)C(F)(F)F)C2)c1F)C1CCCCC1. The van der Waals surface area contributed by atoms with E-state index >= 15 is 4.39 Å². The number of likely N-dealkylation sites (tertiary alicyclic amines) is 1. The number of amides is 2. The van der Waals surface area contributed by atoms with Gasteiger partial charge in [-0.05, 0) is 43.2 Å². The van der Waals surface area contributed by atoms with Gasteiger partial charge in [0.15, 0.2) is 5.78 Å². The van der Waals surface area contributed by atoms with Crippen LogP contribution in [0, 0.1) is 17.7 Å². The Kier molecular flexibility index (Phi) is 8.36. The average Bonchev–Trinajstić information content (AvgIpc) is 2.81. The van der Waals surface area contributed by atoms with E-state index in [1.54, 1.807) is 13.8 Å². The highest BCUT2D eigenvalue weighted by molar-refractivity contribution is 5.98. The van der Waals surface area contributed by atoms with Crippen LogP contribution < -0.4 is 5.32 Å². The highest BCUT2D eigenvalue weighted by atomic mass is 19.4. The van der Waals surface area contributed by atoms with E-state index in [0.29, 0.717) is 17.7 Å². The molecular formula is C25H32F4N2O3. The topological polar surface area (TPSA) is 66.5 Å². The highest BCUT2D eigenvalue weighted by Crippen LogP contribution is 2.33. The molecule has 2 unspecified atom stereocenters. The third-order valence-corrected chi connectivity index (χ3v) is 6.95. The Morgan fingerprint density at radius 2 is 1.71 bits per heavy atom. The number of benzene rings is 1. The van der Waals surface area contributed by atoms with E-state index in [1.165, 1.54) is 18.2 Å². The molecule has 9 heteroatoms. The van der Waals surface area contributed by atoms with Crippen LogP contribution in [0.3, 0.4) is 0 Å². The Morgan fingerprint density at radius 1 is 1.03 bits per heavy atom. The fourth-order valence-corrected chi connectivity index (χ4v) is 5.10. The Labute approximate surface area is 197 Å². The van der Waals surface area contributed by atoms with Gasteiger partial charge in [0.1, 0.15) is 5.82 Å². The Balaban J connectivity index is 1.80. The standard InChI is InChI=1S/C25H32F4N2O3/c1-15(2)22(32)21(16-8-4-3-5-9-16)30-23(33)19-12-6-11-18(20(19)26)17-10-7-13-31(14-17)24(34)25(27,28)29/h6,11-12,15-17,21H,3-5,7-10,13-14H2,1-2H3,(H,30,33). The molecule has 1 saturated carbocycles. The first-order chi connectivity index (χ1) is 16.0. The number of nitrogens with zero attached hydrogens (tertiary/aromatic N) is 1. The summed E-state index contributed by atoms with van der Waals surface area (Å²) >= 11 is 0. The van der Waals surface area contributed by atoms with Crippen molar-refractivity contribution in [1.82, 2.24) is 10.2 Å². The first kappa shape index (κ1) is 26.2. The smallest absolute Gasteiger partial charge is 0.342 e. The van der Waals surface area contributed by atoms with Gasteiger partial charge in [-0.15, -0.1) is 0 Å². The maximum absolute atomic E-state index is 15.5. The summed E-state index contributed by atoms with van der Waals surface area (Å²) < 4.78 is 54.0. The summed E-state index contributed by atoms with van der Waals surface area (Å²) in [6, 6.07) is 3.53. The van der Waals surface area contributed by atoms with E-state index in [9.17, 15) is 27.6 Å². The minimum Gasteiger partial charge on any atom is -0.342 e. The molecule has 1 aromatic carbocycles. The molecule has 1 saturated heterocycles. The van der Waals surface area contributed by atoms with Gasteiger partial charge in [-0.2, -0.15) is 13.2 Å². The van der Waals surface area contributed by atoms with Crippen molar-refractivity contribution in [3.05, 3.63) is 35.1 Å². The highest BCUT2D eigenvalue weighted by Gasteiger charge is 2.44. The van der Waals surface area contributed by atoms with Crippen LogP contribution in [0.25, 0.3) is 0 Å². The van der Waals surface area contributed by atoms with Gasteiger partial charge in [0, 0.05) is 24.9 Å². The van der Waals surface area contributed by atoms with Crippen LogP contribution in [-0.4, -0.2) is 47.8 Å². The van der Waals surface area contributed by atoms with Crippen LogP contribution in [-0.2, 0) is 9.59 Å². The number of halogens is 4. The maximum atomic E-state index is 15.5. The average molecular weight is 485 g/mol. The Hall–Kier alpha value is -2.45. The zero-order valence-electron chi connectivity index (χ0n) is 19.6. The molecule has 0 spiro atoms. The van der Waals surface area contributed by atoms with Crippen LogP contribution >= 0.6 is 0 Å². The third-order valence-electron chi connectivity index (χ3n) is 6.95. The number of ketones is 1. The number of carbonyl (C=O) groups excluding carboxylic acids is 3. The summed E-state index contributed by atoms with van der Waals surface area (Å²) in [5.74, 6) is -4.49. The molecule has 2 atom stereocenters. The zero-order chi connectivity index (χ0) is 25.0. The molecule has 1 aromatic rings. The number of alkyl halides is 3. The number of carbonyl (C=O) groups is 3. The number of Topliss-reactive ketones (excluding diaryl/α,β-unsaturated/α-hetero) is 1. The largest absolute Gasteiger partial charge is 0.471 e. The molecule has 0 radical (unpaired) electrons. The van der Waals surface area contributed by atoms with E-state index in [2.05, 4.69) is 5.32 Å². The minimum absolute atomic E-state index is 0.000808. The van der Waals surface area contributed by atoms with Crippen molar-refractivity contribution in [3.8, 4) is 0 Å². The molecule has 0 aromatic heterocycles. The van der Waals surface area contributed by atoms with E-state index in [4.69, 9.17) is 0 Å². The number of hydrogen-bond donors (Lipinski definition) is 1. The second-order valence-electron chi connectivity index (χ2n) is 9.70. The monoisotopic (exact) mass is 484 g/mol. The second-order valence-corrected chi connectivity index (χ2v) is 9.70. The fourth-order valence-electron chi connectivity index (χ4n) is 5.10. The van der Waals surface area contributed by atoms with Gasteiger partial charge >= 0.3 is 12.1 Å². The third kappa shape index (κ3) is 5.96. The summed E-state index contributed by atoms with van der Waals surface area (Å²) in [6.45, 7) is 3.22. The van der Waals surface area contributed by atoms with E-state index < -0.39 is 35.8 Å². The maximum Gasteiger partial charge on any atom is 0.471 e. The lowest BCUT2D eigenvalue weighted by atomic mass is 9.80. The molecule has 1 heterocycles. The summed E-state index contributed by atoms with van der Waals surface area (Å²) in [5, 5.41) is 2.76. The molecule has 34 heavy (non-hydrogen) atoms. The van der Waals surface area contributed by atoms with Crippen molar-refractivity contribution in [2.45, 2.75) is 76.9 Å². The van der Waals surface area contributed by atoms with Crippen LogP contribution in [0.2, 0.25) is 0 Å². The lowest BCUT2D eigenvalue weighted by Crippen LogP contribution is -2.48. The summed E-state index contributed by atoms with van der Waals surface area (Å²) in [4.78, 5) is 38.3. The van der Waals surface area contributed by atoms with Crippen molar-refractivity contribution < 1.29 is 31.9 Å². The normalized spacial score (nSPS) is 20.8. The molecule has 1 aliphatic heterocycles. The molecule has 0 bridgehead atoms. The molecule has 2 aliphatic rings. The second kappa shape index (κ2) is 10.9. The van der Waals surface area contributed by atoms with Crippen molar-refractivity contribution in [2.75, 3.05) is 13.1 Å². The Bertz CT molecular complexity index is 910. The summed E-state index contributed by atoms with van der Waals surface area (Å²) in [6.07, 6.45) is 0.379. The molecular weight excluding hydrogens is 452 g/mol. The fraction of sp³-hybridized carbons (Fsp3) is 0.640. The molecule has 2 amide bonds. The first-order valence-corrected chi connectivity index (χ1v) is 12.0. The molecule has 188 valence electrons. The minimum atomic E-state index is -4.99. The van der Waals surface area contributed by atoms with Gasteiger partial charge in [0.2, 0.25) is 0 Å². The van der Waals surface area contributed by atoms with Gasteiger partial charge in [-0.1, -0.05) is 45.2 Å². The zero-order valence-corrected chi connectivity index (χ0v) is 19.6. The quantitative estimate of drug-likeness (QED) is 0.578. The van der Waals surface area contributed by atoms with Crippen LogP contribution in [0.1, 0.15) is 80.6 Å². The van der Waals surface area contributed by atoms with E-state index in [1.807, 2.05) is 0 Å². The first-order valence-electron chi connectivity index (χ1n) is 12.0. The number of piperidine rings is 1. The van der Waals surface area contributed by atoms with Crippen molar-refractivity contribution >= 4 is 17.6 Å². The number of rotatable bonds is 6. The molecule has 1 aliphatic carbocycles. The molecule has 5 nitrogen and oxygen atoms in total. The van der Waals surface area contributed by atoms with Gasteiger partial charge in [0.25, 0.3) is 5.91 Å². The lowest BCUT2D eigenvalue weighted by molar-refractivity contribution is -0.186. The van der Waals surface area contributed by atoms with Crippen molar-refractivity contribution in [1.29, 1.82) is 0 Å². The molecule has 3 rings (SSSR count). The van der Waals surface area contributed by atoms with Crippen molar-refractivity contribution in [3.63, 3.8) is 0 Å². The van der Waals surface area contributed by atoms with Crippen LogP contribution in [0.15, 0.2) is 18.2 Å². The van der Waals surface area contributed by atoms with Gasteiger partial charge < -0.3 is 10.2 Å². The van der Waals surface area contributed by atoms with E-state index in [-0.39, 0.29) is 41.8 Å². The molecule has 1 N–H and O–H groups in total. The van der Waals surface area contributed by atoms with Gasteiger partial charge in [-0.25, -0.2) is 4.39 Å². The number of hydrogen-bond acceptors (Lipinski definition) is 3. The predicted octanol–water partition coefficient (Wildman–Crippen LogP) is 5.00. The van der Waals surface area contributed by atoms with Crippen molar-refractivity contribution in [2.24, 2.45) is 11.8 Å². The summed E-state index contributed by atoms with van der Waals surface area (Å²) in [7, 11) is 0. The lowest BCUT2D eigenvalue weighted by Gasteiger charge is -2.34. The Morgan fingerprint density at radius 3 is 2.32 bits per heavy atom.